The van der Waals surface area contributed by atoms with Crippen LogP contribution in [0.5, 0.6) is 5.75 Å². The number of thiophene rings is 1. The van der Waals surface area contributed by atoms with Gasteiger partial charge in [-0.1, -0.05) is 0 Å². The summed E-state index contributed by atoms with van der Waals surface area (Å²) in [5.41, 5.74) is 6.36. The number of carbonyl (C=O) groups excluding carboxylic acids is 1. The van der Waals surface area contributed by atoms with Crippen LogP contribution in [-0.2, 0) is 12.8 Å². The molecule has 1 aliphatic carbocycles. The third-order valence-corrected chi connectivity index (χ3v) is 5.61. The Kier molecular flexibility index (Phi) is 5.24. The number of aryl methyl sites for hydroxylation is 3. The number of benzene rings is 1. The van der Waals surface area contributed by atoms with Gasteiger partial charge in [0.25, 0.3) is 0 Å². The standard InChI is InChI=1S/C19H20N4O2S/c1-11-7-13(8-12(2)17(11)24)10-21-23-19(25)22-18-15(9-20)14-5-3-4-6-16(14)26-18/h7-8,10,24H,3-6H2,1-2H3,(H2,22,23,25)/b21-10+. The van der Waals surface area contributed by atoms with Gasteiger partial charge in [0.05, 0.1) is 11.8 Å². The molecule has 0 aliphatic heterocycles. The zero-order chi connectivity index (χ0) is 18.7. The van der Waals surface area contributed by atoms with E-state index in [1.807, 2.05) is 13.8 Å². The second kappa shape index (κ2) is 7.58. The van der Waals surface area contributed by atoms with E-state index in [1.165, 1.54) is 22.4 Å². The van der Waals surface area contributed by atoms with Crippen LogP contribution in [0.1, 0.15) is 45.5 Å². The smallest absolute Gasteiger partial charge is 0.340 e. The van der Waals surface area contributed by atoms with E-state index in [1.54, 1.807) is 12.1 Å². The quantitative estimate of drug-likeness (QED) is 0.565. The molecule has 0 radical (unpaired) electrons. The van der Waals surface area contributed by atoms with Crippen LogP contribution < -0.4 is 10.7 Å². The largest absolute Gasteiger partial charge is 0.507 e. The fourth-order valence-corrected chi connectivity index (χ4v) is 4.37. The fraction of sp³-hybridized carbons (Fsp3) is 0.316. The molecule has 0 unspecified atom stereocenters. The number of nitrogens with one attached hydrogen (secondary N) is 2. The molecular weight excluding hydrogens is 348 g/mol. The number of amides is 2. The molecule has 6 nitrogen and oxygen atoms in total. The van der Waals surface area contributed by atoms with E-state index in [2.05, 4.69) is 21.9 Å². The molecule has 0 fully saturated rings. The molecule has 134 valence electrons. The lowest BCUT2D eigenvalue weighted by Crippen LogP contribution is -2.24. The molecule has 0 bridgehead atoms. The normalized spacial score (nSPS) is 13.3. The Labute approximate surface area is 156 Å². The monoisotopic (exact) mass is 368 g/mol. The van der Waals surface area contributed by atoms with Crippen molar-refractivity contribution in [2.24, 2.45) is 5.10 Å². The number of hydrogen-bond acceptors (Lipinski definition) is 5. The first-order valence-electron chi connectivity index (χ1n) is 8.44. The molecule has 0 atom stereocenters. The first-order valence-corrected chi connectivity index (χ1v) is 9.26. The molecule has 0 saturated carbocycles. The lowest BCUT2D eigenvalue weighted by Gasteiger charge is -2.09. The van der Waals surface area contributed by atoms with E-state index in [4.69, 9.17) is 0 Å². The van der Waals surface area contributed by atoms with Gasteiger partial charge in [-0.3, -0.25) is 5.32 Å². The van der Waals surface area contributed by atoms with Crippen molar-refractivity contribution >= 4 is 28.6 Å². The number of phenolic OH excluding ortho intramolecular Hbond substituents is 1. The molecule has 0 spiro atoms. The van der Waals surface area contributed by atoms with Crippen molar-refractivity contribution in [3.05, 3.63) is 44.8 Å². The number of urea groups is 1. The lowest BCUT2D eigenvalue weighted by atomic mass is 9.96. The highest BCUT2D eigenvalue weighted by atomic mass is 32.1. The number of aromatic hydroxyl groups is 1. The van der Waals surface area contributed by atoms with Crippen LogP contribution in [0.3, 0.4) is 0 Å². The van der Waals surface area contributed by atoms with Crippen molar-refractivity contribution in [1.82, 2.24) is 5.43 Å². The molecule has 3 N–H and O–H groups in total. The Morgan fingerprint density at radius 3 is 2.69 bits per heavy atom. The second-order valence-electron chi connectivity index (χ2n) is 6.35. The average Bonchev–Trinajstić information content (AvgIpc) is 2.96. The summed E-state index contributed by atoms with van der Waals surface area (Å²) < 4.78 is 0. The highest BCUT2D eigenvalue weighted by Crippen LogP contribution is 2.37. The summed E-state index contributed by atoms with van der Waals surface area (Å²) in [5, 5.41) is 26.4. The SMILES string of the molecule is Cc1cc(/C=N/NC(=O)Nc2sc3c(c2C#N)CCCC3)cc(C)c1O. The Morgan fingerprint density at radius 2 is 2.00 bits per heavy atom. The summed E-state index contributed by atoms with van der Waals surface area (Å²) in [6.45, 7) is 3.61. The predicted octanol–water partition coefficient (Wildman–Crippen LogP) is 3.98. The van der Waals surface area contributed by atoms with Gasteiger partial charge in [0.15, 0.2) is 0 Å². The number of nitrogens with zero attached hydrogens (tertiary/aromatic N) is 2. The Bertz CT molecular complexity index is 901. The summed E-state index contributed by atoms with van der Waals surface area (Å²) in [6.07, 6.45) is 5.59. The minimum absolute atomic E-state index is 0.263. The van der Waals surface area contributed by atoms with Crippen molar-refractivity contribution < 1.29 is 9.90 Å². The molecule has 1 heterocycles. The van der Waals surface area contributed by atoms with E-state index < -0.39 is 6.03 Å². The maximum Gasteiger partial charge on any atom is 0.340 e. The maximum absolute atomic E-state index is 12.1. The molecule has 26 heavy (non-hydrogen) atoms. The summed E-state index contributed by atoms with van der Waals surface area (Å²) >= 11 is 1.48. The van der Waals surface area contributed by atoms with Gasteiger partial charge in [0, 0.05) is 4.88 Å². The van der Waals surface area contributed by atoms with Gasteiger partial charge in [-0.25, -0.2) is 10.2 Å². The van der Waals surface area contributed by atoms with Crippen LogP contribution in [0.15, 0.2) is 17.2 Å². The summed E-state index contributed by atoms with van der Waals surface area (Å²) in [5.74, 6) is 0.263. The zero-order valence-electron chi connectivity index (χ0n) is 14.7. The van der Waals surface area contributed by atoms with E-state index >= 15 is 0 Å². The van der Waals surface area contributed by atoms with Crippen molar-refractivity contribution in [2.45, 2.75) is 39.5 Å². The number of hydrazone groups is 1. The highest BCUT2D eigenvalue weighted by molar-refractivity contribution is 7.16. The fourth-order valence-electron chi connectivity index (χ4n) is 3.13. The van der Waals surface area contributed by atoms with Gasteiger partial charge < -0.3 is 5.11 Å². The van der Waals surface area contributed by atoms with Crippen LogP contribution in [0.2, 0.25) is 0 Å². The van der Waals surface area contributed by atoms with Gasteiger partial charge in [0.1, 0.15) is 16.8 Å². The number of fused-ring (bicyclic) bond motifs is 1. The first-order chi connectivity index (χ1) is 12.5. The Hall–Kier alpha value is -2.85. The minimum atomic E-state index is -0.483. The van der Waals surface area contributed by atoms with Crippen LogP contribution in [-0.4, -0.2) is 17.4 Å². The van der Waals surface area contributed by atoms with Crippen molar-refractivity contribution in [1.29, 1.82) is 5.26 Å². The number of rotatable bonds is 3. The first kappa shape index (κ1) is 18.0. The predicted molar refractivity (Wildman–Crippen MR) is 103 cm³/mol. The van der Waals surface area contributed by atoms with E-state index in [0.717, 1.165) is 47.9 Å². The zero-order valence-corrected chi connectivity index (χ0v) is 15.5. The third kappa shape index (κ3) is 3.70. The van der Waals surface area contributed by atoms with Gasteiger partial charge >= 0.3 is 6.03 Å². The lowest BCUT2D eigenvalue weighted by molar-refractivity contribution is 0.252. The maximum atomic E-state index is 12.1. The summed E-state index contributed by atoms with van der Waals surface area (Å²) in [6, 6.07) is 5.30. The molecular formula is C19H20N4O2S. The van der Waals surface area contributed by atoms with Crippen LogP contribution >= 0.6 is 11.3 Å². The van der Waals surface area contributed by atoms with E-state index in [9.17, 15) is 15.2 Å². The topological polar surface area (TPSA) is 97.5 Å². The number of anilines is 1. The summed E-state index contributed by atoms with van der Waals surface area (Å²) in [4.78, 5) is 13.3. The van der Waals surface area contributed by atoms with Crippen LogP contribution in [0.4, 0.5) is 9.80 Å². The van der Waals surface area contributed by atoms with Gasteiger partial charge in [-0.2, -0.15) is 10.4 Å². The van der Waals surface area contributed by atoms with E-state index in [0.29, 0.717) is 10.6 Å². The molecule has 3 rings (SSSR count). The Morgan fingerprint density at radius 1 is 1.31 bits per heavy atom. The van der Waals surface area contributed by atoms with Crippen molar-refractivity contribution in [2.75, 3.05) is 5.32 Å². The van der Waals surface area contributed by atoms with Gasteiger partial charge in [-0.05, 0) is 73.9 Å². The van der Waals surface area contributed by atoms with E-state index in [-0.39, 0.29) is 5.75 Å². The minimum Gasteiger partial charge on any atom is -0.507 e. The second-order valence-corrected chi connectivity index (χ2v) is 7.46. The highest BCUT2D eigenvalue weighted by Gasteiger charge is 2.21. The van der Waals surface area contributed by atoms with Crippen LogP contribution in [0, 0.1) is 25.2 Å². The summed E-state index contributed by atoms with van der Waals surface area (Å²) in [7, 11) is 0. The Balaban J connectivity index is 1.67. The van der Waals surface area contributed by atoms with Gasteiger partial charge in [-0.15, -0.1) is 11.3 Å². The number of hydrogen-bond donors (Lipinski definition) is 3. The van der Waals surface area contributed by atoms with Crippen LogP contribution in [0.25, 0.3) is 0 Å². The molecule has 1 aromatic heterocycles. The molecule has 2 aromatic rings. The van der Waals surface area contributed by atoms with Crippen molar-refractivity contribution in [3.63, 3.8) is 0 Å². The molecule has 1 aromatic carbocycles. The molecule has 7 heteroatoms. The van der Waals surface area contributed by atoms with Gasteiger partial charge in [0.2, 0.25) is 0 Å². The number of nitriles is 1. The average molecular weight is 368 g/mol. The molecule has 0 saturated heterocycles. The molecule has 2 amide bonds. The van der Waals surface area contributed by atoms with Crippen molar-refractivity contribution in [3.8, 4) is 11.8 Å². The number of carbonyl (C=O) groups is 1. The third-order valence-electron chi connectivity index (χ3n) is 4.40. The molecule has 1 aliphatic rings. The number of phenols is 1.